The van der Waals surface area contributed by atoms with Gasteiger partial charge in [0, 0.05) is 11.3 Å². The lowest BCUT2D eigenvalue weighted by Crippen LogP contribution is -2.11. The van der Waals surface area contributed by atoms with Crippen molar-refractivity contribution >= 4 is 27.5 Å². The van der Waals surface area contributed by atoms with Gasteiger partial charge in [0.15, 0.2) is 0 Å². The van der Waals surface area contributed by atoms with E-state index in [9.17, 15) is 9.90 Å². The van der Waals surface area contributed by atoms with Gasteiger partial charge in [-0.05, 0) is 52.7 Å². The predicted molar refractivity (Wildman–Crippen MR) is 74.9 cm³/mol. The molecular weight excluding hydrogens is 294 g/mol. The highest BCUT2D eigenvalue weighted by atomic mass is 79.9. The molecule has 0 spiro atoms. The Morgan fingerprint density at radius 2 is 1.89 bits per heavy atom. The molecule has 2 aromatic rings. The molecule has 0 saturated heterocycles. The van der Waals surface area contributed by atoms with Crippen LogP contribution in [0.1, 0.15) is 15.9 Å². The van der Waals surface area contributed by atoms with Crippen molar-refractivity contribution in [2.45, 2.75) is 6.92 Å². The smallest absolute Gasteiger partial charge is 0.255 e. The van der Waals surface area contributed by atoms with E-state index in [0.29, 0.717) is 21.3 Å². The standard InChI is InChI=1S/C14H12BrNO2/c1-9-7-11(8-12(15)13(9)17)16-14(18)10-5-3-2-4-6-10/h2-8,17H,1H3,(H,16,18). The van der Waals surface area contributed by atoms with Gasteiger partial charge >= 0.3 is 0 Å². The van der Waals surface area contributed by atoms with Crippen LogP contribution in [0, 0.1) is 6.92 Å². The lowest BCUT2D eigenvalue weighted by molar-refractivity contribution is 0.102. The molecule has 0 saturated carbocycles. The van der Waals surface area contributed by atoms with E-state index in [1.165, 1.54) is 0 Å². The van der Waals surface area contributed by atoms with Gasteiger partial charge in [-0.25, -0.2) is 0 Å². The Morgan fingerprint density at radius 1 is 1.22 bits per heavy atom. The summed E-state index contributed by atoms with van der Waals surface area (Å²) in [6, 6.07) is 12.4. The molecule has 0 aliphatic heterocycles. The second kappa shape index (κ2) is 5.23. The number of aryl methyl sites for hydroxylation is 1. The van der Waals surface area contributed by atoms with Gasteiger partial charge in [-0.15, -0.1) is 0 Å². The number of phenols is 1. The van der Waals surface area contributed by atoms with Crippen LogP contribution in [0.25, 0.3) is 0 Å². The van der Waals surface area contributed by atoms with Crippen molar-refractivity contribution in [3.63, 3.8) is 0 Å². The maximum absolute atomic E-state index is 11.9. The number of anilines is 1. The number of hydrogen-bond acceptors (Lipinski definition) is 2. The number of amides is 1. The van der Waals surface area contributed by atoms with Crippen LogP contribution in [-0.4, -0.2) is 11.0 Å². The molecule has 0 radical (unpaired) electrons. The van der Waals surface area contributed by atoms with Crippen molar-refractivity contribution in [3.05, 3.63) is 58.1 Å². The van der Waals surface area contributed by atoms with E-state index in [0.717, 1.165) is 0 Å². The van der Waals surface area contributed by atoms with Crippen LogP contribution >= 0.6 is 15.9 Å². The van der Waals surface area contributed by atoms with Gasteiger partial charge in [0.25, 0.3) is 5.91 Å². The molecule has 4 heteroatoms. The molecule has 3 nitrogen and oxygen atoms in total. The minimum Gasteiger partial charge on any atom is -0.506 e. The van der Waals surface area contributed by atoms with Crippen LogP contribution in [-0.2, 0) is 0 Å². The van der Waals surface area contributed by atoms with E-state index in [1.807, 2.05) is 18.2 Å². The van der Waals surface area contributed by atoms with E-state index in [4.69, 9.17) is 0 Å². The van der Waals surface area contributed by atoms with Crippen LogP contribution < -0.4 is 5.32 Å². The Hall–Kier alpha value is -1.81. The molecule has 18 heavy (non-hydrogen) atoms. The lowest BCUT2D eigenvalue weighted by Gasteiger charge is -2.08. The largest absolute Gasteiger partial charge is 0.506 e. The molecule has 2 N–H and O–H groups in total. The van der Waals surface area contributed by atoms with Crippen molar-refractivity contribution in [1.29, 1.82) is 0 Å². The summed E-state index contributed by atoms with van der Waals surface area (Å²) < 4.78 is 0.561. The summed E-state index contributed by atoms with van der Waals surface area (Å²) in [5.74, 6) is 0.0142. The summed E-state index contributed by atoms with van der Waals surface area (Å²) >= 11 is 3.24. The van der Waals surface area contributed by atoms with Crippen molar-refractivity contribution in [2.75, 3.05) is 5.32 Å². The Morgan fingerprint density at radius 3 is 2.50 bits per heavy atom. The van der Waals surface area contributed by atoms with Gasteiger partial charge in [0.05, 0.1) is 4.47 Å². The topological polar surface area (TPSA) is 49.3 Å². The molecule has 0 unspecified atom stereocenters. The third-order valence-electron chi connectivity index (χ3n) is 2.55. The lowest BCUT2D eigenvalue weighted by atomic mass is 10.1. The maximum Gasteiger partial charge on any atom is 0.255 e. The van der Waals surface area contributed by atoms with Gasteiger partial charge in [0.2, 0.25) is 0 Å². The monoisotopic (exact) mass is 305 g/mol. The van der Waals surface area contributed by atoms with E-state index in [1.54, 1.807) is 31.2 Å². The van der Waals surface area contributed by atoms with Crippen LogP contribution in [0.15, 0.2) is 46.9 Å². The average molecular weight is 306 g/mol. The Kier molecular flexibility index (Phi) is 3.67. The van der Waals surface area contributed by atoms with Crippen molar-refractivity contribution in [2.24, 2.45) is 0 Å². The number of benzene rings is 2. The maximum atomic E-state index is 11.9. The fourth-order valence-corrected chi connectivity index (χ4v) is 2.16. The van der Waals surface area contributed by atoms with Crippen molar-refractivity contribution in [1.82, 2.24) is 0 Å². The second-order valence-corrected chi connectivity index (χ2v) is 4.80. The summed E-state index contributed by atoms with van der Waals surface area (Å²) in [6.45, 7) is 1.78. The number of aromatic hydroxyl groups is 1. The van der Waals surface area contributed by atoms with Crippen molar-refractivity contribution in [3.8, 4) is 5.75 Å². The first-order valence-electron chi connectivity index (χ1n) is 5.43. The SMILES string of the molecule is Cc1cc(NC(=O)c2ccccc2)cc(Br)c1O. The summed E-state index contributed by atoms with van der Waals surface area (Å²) in [7, 11) is 0. The van der Waals surface area contributed by atoms with E-state index < -0.39 is 0 Å². The Bertz CT molecular complexity index is 559. The minimum atomic E-state index is -0.174. The Balaban J connectivity index is 2.23. The van der Waals surface area contributed by atoms with Gasteiger partial charge < -0.3 is 10.4 Å². The van der Waals surface area contributed by atoms with Gasteiger partial charge in [-0.3, -0.25) is 4.79 Å². The molecule has 92 valence electrons. The van der Waals surface area contributed by atoms with Crippen LogP contribution in [0.3, 0.4) is 0 Å². The third-order valence-corrected chi connectivity index (χ3v) is 3.15. The molecule has 2 aromatic carbocycles. The van der Waals surface area contributed by atoms with Gasteiger partial charge in [0.1, 0.15) is 5.75 Å². The zero-order valence-electron chi connectivity index (χ0n) is 9.77. The second-order valence-electron chi connectivity index (χ2n) is 3.94. The first-order valence-corrected chi connectivity index (χ1v) is 6.23. The molecule has 0 fully saturated rings. The first-order chi connectivity index (χ1) is 8.58. The normalized spacial score (nSPS) is 10.1. The van der Waals surface area contributed by atoms with Crippen LogP contribution in [0.2, 0.25) is 0 Å². The third kappa shape index (κ3) is 2.71. The fraction of sp³-hybridized carbons (Fsp3) is 0.0714. The van der Waals surface area contributed by atoms with Crippen LogP contribution in [0.5, 0.6) is 5.75 Å². The molecule has 0 aromatic heterocycles. The summed E-state index contributed by atoms with van der Waals surface area (Å²) in [5, 5.41) is 12.4. The summed E-state index contributed by atoms with van der Waals surface area (Å²) in [4.78, 5) is 11.9. The number of phenolic OH excluding ortho intramolecular Hbond substituents is 1. The average Bonchev–Trinajstić information content (AvgIpc) is 2.37. The molecule has 0 aliphatic rings. The molecule has 0 atom stereocenters. The zero-order valence-corrected chi connectivity index (χ0v) is 11.4. The number of carbonyl (C=O) groups is 1. The molecular formula is C14H12BrNO2. The number of hydrogen-bond donors (Lipinski definition) is 2. The number of halogens is 1. The molecule has 0 aliphatic carbocycles. The molecule has 0 bridgehead atoms. The molecule has 0 heterocycles. The minimum absolute atomic E-state index is 0.174. The van der Waals surface area contributed by atoms with Crippen molar-refractivity contribution < 1.29 is 9.90 Å². The highest BCUT2D eigenvalue weighted by Crippen LogP contribution is 2.31. The number of nitrogens with one attached hydrogen (secondary N) is 1. The summed E-state index contributed by atoms with van der Waals surface area (Å²) in [6.07, 6.45) is 0. The highest BCUT2D eigenvalue weighted by molar-refractivity contribution is 9.10. The van der Waals surface area contributed by atoms with E-state index in [-0.39, 0.29) is 11.7 Å². The first kappa shape index (κ1) is 12.6. The van der Waals surface area contributed by atoms with Crippen LogP contribution in [0.4, 0.5) is 5.69 Å². The zero-order chi connectivity index (χ0) is 13.1. The van der Waals surface area contributed by atoms with Gasteiger partial charge in [-0.2, -0.15) is 0 Å². The Labute approximate surface area is 114 Å². The molecule has 2 rings (SSSR count). The van der Waals surface area contributed by atoms with E-state index >= 15 is 0 Å². The quantitative estimate of drug-likeness (QED) is 0.831. The van der Waals surface area contributed by atoms with E-state index in [2.05, 4.69) is 21.2 Å². The molecule has 1 amide bonds. The number of carbonyl (C=O) groups excluding carboxylic acids is 1. The predicted octanol–water partition coefficient (Wildman–Crippen LogP) is 3.72. The fourth-order valence-electron chi connectivity index (χ4n) is 1.60. The van der Waals surface area contributed by atoms with Gasteiger partial charge in [-0.1, -0.05) is 18.2 Å². The highest BCUT2D eigenvalue weighted by Gasteiger charge is 2.08. The number of rotatable bonds is 2. The summed E-state index contributed by atoms with van der Waals surface area (Å²) in [5.41, 5.74) is 1.94.